The van der Waals surface area contributed by atoms with Crippen LogP contribution in [0.1, 0.15) is 38.7 Å². The predicted molar refractivity (Wildman–Crippen MR) is 78.6 cm³/mol. The van der Waals surface area contributed by atoms with E-state index in [0.717, 1.165) is 24.1 Å². The summed E-state index contributed by atoms with van der Waals surface area (Å²) < 4.78 is 0. The molecular formula is C16H26N2. The highest BCUT2D eigenvalue weighted by Crippen LogP contribution is 2.23. The largest absolute Gasteiger partial charge is 0.399 e. The molecule has 1 aliphatic heterocycles. The SMILES string of the molecule is CC1CCCN(CCCc2cccc(N)c2)C1C. The maximum absolute atomic E-state index is 5.80. The first-order valence-electron chi connectivity index (χ1n) is 7.25. The maximum Gasteiger partial charge on any atom is 0.0316 e. The number of piperidine rings is 1. The van der Waals surface area contributed by atoms with Crippen molar-refractivity contribution in [2.75, 3.05) is 18.8 Å². The lowest BCUT2D eigenvalue weighted by Gasteiger charge is -2.38. The van der Waals surface area contributed by atoms with Crippen molar-refractivity contribution in [1.82, 2.24) is 4.90 Å². The summed E-state index contributed by atoms with van der Waals surface area (Å²) in [5.41, 5.74) is 8.05. The first kappa shape index (κ1) is 13.4. The van der Waals surface area contributed by atoms with E-state index in [2.05, 4.69) is 36.9 Å². The summed E-state index contributed by atoms with van der Waals surface area (Å²) in [4.78, 5) is 2.65. The van der Waals surface area contributed by atoms with Crippen molar-refractivity contribution in [3.63, 3.8) is 0 Å². The van der Waals surface area contributed by atoms with Crippen molar-refractivity contribution in [3.05, 3.63) is 29.8 Å². The molecule has 2 rings (SSSR count). The molecule has 2 atom stereocenters. The molecule has 0 amide bonds. The van der Waals surface area contributed by atoms with Crippen molar-refractivity contribution in [2.45, 2.75) is 45.6 Å². The van der Waals surface area contributed by atoms with Gasteiger partial charge in [0, 0.05) is 11.7 Å². The molecule has 0 saturated carbocycles. The van der Waals surface area contributed by atoms with E-state index in [1.165, 1.54) is 37.9 Å². The molecule has 1 aromatic rings. The molecule has 1 aromatic carbocycles. The van der Waals surface area contributed by atoms with E-state index in [1.807, 2.05) is 6.07 Å². The Hall–Kier alpha value is -1.02. The number of likely N-dealkylation sites (tertiary alicyclic amines) is 1. The molecule has 0 spiro atoms. The Balaban J connectivity index is 1.78. The number of nitrogens with zero attached hydrogens (tertiary/aromatic N) is 1. The van der Waals surface area contributed by atoms with E-state index in [1.54, 1.807) is 0 Å². The number of aryl methyl sites for hydroxylation is 1. The van der Waals surface area contributed by atoms with Crippen molar-refractivity contribution < 1.29 is 0 Å². The molecule has 2 unspecified atom stereocenters. The van der Waals surface area contributed by atoms with Gasteiger partial charge in [-0.2, -0.15) is 0 Å². The molecule has 2 heteroatoms. The van der Waals surface area contributed by atoms with Crippen molar-refractivity contribution in [3.8, 4) is 0 Å². The van der Waals surface area contributed by atoms with Gasteiger partial charge in [0.2, 0.25) is 0 Å². The van der Waals surface area contributed by atoms with Crippen LogP contribution >= 0.6 is 0 Å². The second kappa shape index (κ2) is 6.24. The lowest BCUT2D eigenvalue weighted by Crippen LogP contribution is -2.42. The summed E-state index contributed by atoms with van der Waals surface area (Å²) in [6.45, 7) is 7.27. The van der Waals surface area contributed by atoms with Gasteiger partial charge in [-0.3, -0.25) is 0 Å². The molecule has 2 nitrogen and oxygen atoms in total. The minimum Gasteiger partial charge on any atom is -0.399 e. The summed E-state index contributed by atoms with van der Waals surface area (Å²) in [5, 5.41) is 0. The van der Waals surface area contributed by atoms with Gasteiger partial charge in [-0.05, 0) is 69.3 Å². The van der Waals surface area contributed by atoms with Crippen LogP contribution in [-0.2, 0) is 6.42 Å². The van der Waals surface area contributed by atoms with E-state index < -0.39 is 0 Å². The second-order valence-electron chi connectivity index (χ2n) is 5.74. The van der Waals surface area contributed by atoms with Crippen molar-refractivity contribution in [2.24, 2.45) is 5.92 Å². The smallest absolute Gasteiger partial charge is 0.0316 e. The molecule has 18 heavy (non-hydrogen) atoms. The van der Waals surface area contributed by atoms with Crippen LogP contribution in [0.2, 0.25) is 0 Å². The van der Waals surface area contributed by atoms with Gasteiger partial charge in [0.1, 0.15) is 0 Å². The summed E-state index contributed by atoms with van der Waals surface area (Å²) in [6.07, 6.45) is 5.14. The van der Waals surface area contributed by atoms with Crippen LogP contribution in [0.4, 0.5) is 5.69 Å². The van der Waals surface area contributed by atoms with Gasteiger partial charge in [-0.25, -0.2) is 0 Å². The summed E-state index contributed by atoms with van der Waals surface area (Å²) in [6, 6.07) is 9.04. The number of hydrogen-bond acceptors (Lipinski definition) is 2. The highest BCUT2D eigenvalue weighted by molar-refractivity contribution is 5.40. The van der Waals surface area contributed by atoms with Gasteiger partial charge < -0.3 is 10.6 Å². The monoisotopic (exact) mass is 246 g/mol. The van der Waals surface area contributed by atoms with Crippen LogP contribution in [0.15, 0.2) is 24.3 Å². The number of nitrogens with two attached hydrogens (primary N) is 1. The van der Waals surface area contributed by atoms with E-state index in [0.29, 0.717) is 0 Å². The quantitative estimate of drug-likeness (QED) is 0.826. The molecule has 1 fully saturated rings. The Bertz CT molecular complexity index is 375. The minimum atomic E-state index is 0.750. The standard InChI is InChI=1S/C16H26N2/c1-13-6-4-10-18(14(13)2)11-5-8-15-7-3-9-16(17)12-15/h3,7,9,12-14H,4-6,8,10-11,17H2,1-2H3. The normalized spacial score (nSPS) is 25.2. The first-order valence-corrected chi connectivity index (χ1v) is 7.25. The average molecular weight is 246 g/mol. The Morgan fingerprint density at radius 2 is 2.17 bits per heavy atom. The van der Waals surface area contributed by atoms with Gasteiger partial charge in [0.05, 0.1) is 0 Å². The molecule has 0 bridgehead atoms. The van der Waals surface area contributed by atoms with E-state index >= 15 is 0 Å². The van der Waals surface area contributed by atoms with Crippen LogP contribution in [0, 0.1) is 5.92 Å². The Kier molecular flexibility index (Phi) is 4.65. The molecule has 0 aliphatic carbocycles. The number of nitrogen functional groups attached to an aromatic ring is 1. The lowest BCUT2D eigenvalue weighted by atomic mass is 9.92. The lowest BCUT2D eigenvalue weighted by molar-refractivity contribution is 0.113. The summed E-state index contributed by atoms with van der Waals surface area (Å²) in [5.74, 6) is 0.853. The third kappa shape index (κ3) is 3.49. The average Bonchev–Trinajstić information content (AvgIpc) is 2.35. The van der Waals surface area contributed by atoms with E-state index in [4.69, 9.17) is 5.73 Å². The Morgan fingerprint density at radius 3 is 2.94 bits per heavy atom. The topological polar surface area (TPSA) is 29.3 Å². The zero-order valence-electron chi connectivity index (χ0n) is 11.7. The Morgan fingerprint density at radius 1 is 1.33 bits per heavy atom. The van der Waals surface area contributed by atoms with Gasteiger partial charge in [-0.15, -0.1) is 0 Å². The van der Waals surface area contributed by atoms with Crippen LogP contribution in [0.5, 0.6) is 0 Å². The van der Waals surface area contributed by atoms with E-state index in [9.17, 15) is 0 Å². The number of anilines is 1. The number of benzene rings is 1. The van der Waals surface area contributed by atoms with Gasteiger partial charge in [0.25, 0.3) is 0 Å². The molecule has 1 heterocycles. The van der Waals surface area contributed by atoms with Gasteiger partial charge in [-0.1, -0.05) is 19.1 Å². The predicted octanol–water partition coefficient (Wildman–Crippen LogP) is 3.32. The highest BCUT2D eigenvalue weighted by Gasteiger charge is 2.23. The maximum atomic E-state index is 5.80. The first-order chi connectivity index (χ1) is 8.66. The molecule has 2 N–H and O–H groups in total. The number of hydrogen-bond donors (Lipinski definition) is 1. The fourth-order valence-corrected chi connectivity index (χ4v) is 2.97. The van der Waals surface area contributed by atoms with E-state index in [-0.39, 0.29) is 0 Å². The summed E-state index contributed by atoms with van der Waals surface area (Å²) >= 11 is 0. The van der Waals surface area contributed by atoms with Crippen molar-refractivity contribution in [1.29, 1.82) is 0 Å². The number of rotatable bonds is 4. The Labute approximate surface area is 111 Å². The van der Waals surface area contributed by atoms with Crippen LogP contribution < -0.4 is 5.73 Å². The third-order valence-electron chi connectivity index (χ3n) is 4.37. The third-order valence-corrected chi connectivity index (χ3v) is 4.37. The molecular weight excluding hydrogens is 220 g/mol. The van der Waals surface area contributed by atoms with Gasteiger partial charge >= 0.3 is 0 Å². The summed E-state index contributed by atoms with van der Waals surface area (Å²) in [7, 11) is 0. The van der Waals surface area contributed by atoms with Crippen LogP contribution in [0.25, 0.3) is 0 Å². The fraction of sp³-hybridized carbons (Fsp3) is 0.625. The fourth-order valence-electron chi connectivity index (χ4n) is 2.97. The van der Waals surface area contributed by atoms with Gasteiger partial charge in [0.15, 0.2) is 0 Å². The molecule has 1 aliphatic rings. The zero-order valence-corrected chi connectivity index (χ0v) is 11.7. The molecule has 0 aromatic heterocycles. The molecule has 0 radical (unpaired) electrons. The van der Waals surface area contributed by atoms with Crippen molar-refractivity contribution >= 4 is 5.69 Å². The molecule has 1 saturated heterocycles. The van der Waals surface area contributed by atoms with Crippen LogP contribution in [-0.4, -0.2) is 24.0 Å². The van der Waals surface area contributed by atoms with Crippen LogP contribution in [0.3, 0.4) is 0 Å². The highest BCUT2D eigenvalue weighted by atomic mass is 15.2. The second-order valence-corrected chi connectivity index (χ2v) is 5.74. The molecule has 100 valence electrons. The minimum absolute atomic E-state index is 0.750. The zero-order chi connectivity index (χ0) is 13.0.